The van der Waals surface area contributed by atoms with Gasteiger partial charge in [-0.05, 0) is 44.9 Å². The summed E-state index contributed by atoms with van der Waals surface area (Å²) in [7, 11) is 0. The number of amides is 1. The molecule has 172 valence electrons. The van der Waals surface area contributed by atoms with E-state index >= 15 is 0 Å². The van der Waals surface area contributed by atoms with E-state index in [-0.39, 0.29) is 30.5 Å². The molecule has 0 aliphatic carbocycles. The fourth-order valence-electron chi connectivity index (χ4n) is 4.02. The number of nitrogens with zero attached hydrogens (tertiary/aromatic N) is 4. The summed E-state index contributed by atoms with van der Waals surface area (Å²) >= 11 is 0. The molecular formula is C24H31FN4O3. The molecule has 32 heavy (non-hydrogen) atoms. The van der Waals surface area contributed by atoms with Gasteiger partial charge in [0.25, 0.3) is 0 Å². The van der Waals surface area contributed by atoms with Crippen LogP contribution in [0.5, 0.6) is 0 Å². The third-order valence-electron chi connectivity index (χ3n) is 5.57. The van der Waals surface area contributed by atoms with Crippen LogP contribution in [-0.2, 0) is 20.7 Å². The van der Waals surface area contributed by atoms with E-state index in [2.05, 4.69) is 9.88 Å². The summed E-state index contributed by atoms with van der Waals surface area (Å²) < 4.78 is 18.6. The first kappa shape index (κ1) is 23.6. The van der Waals surface area contributed by atoms with Crippen LogP contribution in [-0.4, -0.2) is 59.5 Å². The van der Waals surface area contributed by atoms with E-state index in [1.807, 2.05) is 24.8 Å². The van der Waals surface area contributed by atoms with Gasteiger partial charge in [-0.15, -0.1) is 0 Å². The van der Waals surface area contributed by atoms with Gasteiger partial charge in [-0.2, -0.15) is 0 Å². The number of benzene rings is 1. The molecule has 0 atom stereocenters. The summed E-state index contributed by atoms with van der Waals surface area (Å²) in [4.78, 5) is 37.4. The molecule has 1 aliphatic heterocycles. The Balaban J connectivity index is 1.73. The van der Waals surface area contributed by atoms with Crippen molar-refractivity contribution in [2.24, 2.45) is 0 Å². The van der Waals surface area contributed by atoms with Gasteiger partial charge < -0.3 is 14.5 Å². The lowest BCUT2D eigenvalue weighted by molar-refractivity contribution is -0.145. The van der Waals surface area contributed by atoms with Crippen molar-refractivity contribution in [1.29, 1.82) is 0 Å². The van der Waals surface area contributed by atoms with Crippen molar-refractivity contribution in [3.63, 3.8) is 0 Å². The highest BCUT2D eigenvalue weighted by Gasteiger charge is 2.23. The van der Waals surface area contributed by atoms with Gasteiger partial charge in [0.15, 0.2) is 0 Å². The highest BCUT2D eigenvalue weighted by Crippen LogP contribution is 2.25. The molecule has 0 bridgehead atoms. The quantitative estimate of drug-likeness (QED) is 0.613. The van der Waals surface area contributed by atoms with Crippen LogP contribution < -0.4 is 4.90 Å². The second-order valence-electron chi connectivity index (χ2n) is 7.99. The molecule has 0 radical (unpaired) electrons. The SMILES string of the molecule is CCOC(=O)CCC(=O)N1CCCN(c2nc(C)nc(C)c2Cc2cccc(F)c2)CC1. The molecule has 0 saturated carbocycles. The Labute approximate surface area is 188 Å². The number of hydrogen-bond donors (Lipinski definition) is 0. The molecule has 1 amide bonds. The summed E-state index contributed by atoms with van der Waals surface area (Å²) in [6.07, 6.45) is 1.61. The van der Waals surface area contributed by atoms with Crippen molar-refractivity contribution in [2.45, 2.75) is 46.5 Å². The topological polar surface area (TPSA) is 75.6 Å². The first-order chi connectivity index (χ1) is 15.4. The van der Waals surface area contributed by atoms with Gasteiger partial charge in [0.05, 0.1) is 13.0 Å². The van der Waals surface area contributed by atoms with Crippen LogP contribution in [0.4, 0.5) is 10.2 Å². The number of aromatic nitrogens is 2. The largest absolute Gasteiger partial charge is 0.466 e. The number of carbonyl (C=O) groups is 2. The highest BCUT2D eigenvalue weighted by molar-refractivity contribution is 5.81. The van der Waals surface area contributed by atoms with Crippen LogP contribution in [0.2, 0.25) is 0 Å². The van der Waals surface area contributed by atoms with E-state index in [0.29, 0.717) is 38.5 Å². The lowest BCUT2D eigenvalue weighted by atomic mass is 10.0. The molecular weight excluding hydrogens is 411 g/mol. The summed E-state index contributed by atoms with van der Waals surface area (Å²) in [5.74, 6) is 0.898. The Hall–Kier alpha value is -3.03. The molecule has 1 aromatic carbocycles. The molecule has 2 aromatic rings. The van der Waals surface area contributed by atoms with Gasteiger partial charge in [-0.25, -0.2) is 14.4 Å². The van der Waals surface area contributed by atoms with Gasteiger partial charge in [0.2, 0.25) is 5.91 Å². The zero-order chi connectivity index (χ0) is 23.1. The molecule has 1 aromatic heterocycles. The molecule has 1 saturated heterocycles. The first-order valence-corrected chi connectivity index (χ1v) is 11.1. The fourth-order valence-corrected chi connectivity index (χ4v) is 4.02. The molecule has 1 fully saturated rings. The highest BCUT2D eigenvalue weighted by atomic mass is 19.1. The van der Waals surface area contributed by atoms with Crippen molar-refractivity contribution >= 4 is 17.7 Å². The van der Waals surface area contributed by atoms with E-state index in [9.17, 15) is 14.0 Å². The number of halogens is 1. The third kappa shape index (κ3) is 6.24. The van der Waals surface area contributed by atoms with E-state index in [4.69, 9.17) is 9.72 Å². The second-order valence-corrected chi connectivity index (χ2v) is 7.99. The standard InChI is InChI=1S/C24H31FN4O3/c1-4-32-23(31)10-9-22(30)28-11-6-12-29(14-13-28)24-21(17(2)26-18(3)27-24)16-19-7-5-8-20(25)15-19/h5,7-8,15H,4,6,9-14,16H2,1-3H3. The Morgan fingerprint density at radius 2 is 1.91 bits per heavy atom. The number of hydrogen-bond acceptors (Lipinski definition) is 6. The average molecular weight is 443 g/mol. The Kier molecular flexibility index (Phi) is 8.14. The maximum Gasteiger partial charge on any atom is 0.306 e. The lowest BCUT2D eigenvalue weighted by Gasteiger charge is -2.26. The summed E-state index contributed by atoms with van der Waals surface area (Å²) in [6.45, 7) is 8.49. The zero-order valence-electron chi connectivity index (χ0n) is 19.1. The van der Waals surface area contributed by atoms with Crippen LogP contribution in [0.3, 0.4) is 0 Å². The molecule has 0 N–H and O–H groups in total. The minimum atomic E-state index is -0.341. The summed E-state index contributed by atoms with van der Waals surface area (Å²) in [5, 5.41) is 0. The molecule has 3 rings (SSSR count). The molecule has 2 heterocycles. The third-order valence-corrected chi connectivity index (χ3v) is 5.57. The van der Waals surface area contributed by atoms with E-state index in [0.717, 1.165) is 35.6 Å². The van der Waals surface area contributed by atoms with E-state index in [1.165, 1.54) is 12.1 Å². The van der Waals surface area contributed by atoms with Crippen LogP contribution in [0, 0.1) is 19.7 Å². The number of rotatable bonds is 7. The predicted octanol–water partition coefficient (Wildman–Crippen LogP) is 3.21. The number of anilines is 1. The first-order valence-electron chi connectivity index (χ1n) is 11.1. The van der Waals surface area contributed by atoms with Crippen molar-refractivity contribution < 1.29 is 18.7 Å². The lowest BCUT2D eigenvalue weighted by Crippen LogP contribution is -2.36. The smallest absolute Gasteiger partial charge is 0.306 e. The van der Waals surface area contributed by atoms with Crippen LogP contribution >= 0.6 is 0 Å². The molecule has 0 spiro atoms. The molecule has 8 heteroatoms. The molecule has 1 aliphatic rings. The van der Waals surface area contributed by atoms with Crippen LogP contribution in [0.15, 0.2) is 24.3 Å². The van der Waals surface area contributed by atoms with Crippen molar-refractivity contribution in [1.82, 2.24) is 14.9 Å². The van der Waals surface area contributed by atoms with Gasteiger partial charge >= 0.3 is 5.97 Å². The Morgan fingerprint density at radius 1 is 1.09 bits per heavy atom. The van der Waals surface area contributed by atoms with Gasteiger partial charge in [0.1, 0.15) is 17.5 Å². The average Bonchev–Trinajstić information content (AvgIpc) is 3.00. The number of ether oxygens (including phenoxy) is 1. The van der Waals surface area contributed by atoms with Crippen molar-refractivity contribution in [2.75, 3.05) is 37.7 Å². The van der Waals surface area contributed by atoms with E-state index < -0.39 is 0 Å². The Morgan fingerprint density at radius 3 is 2.66 bits per heavy atom. The van der Waals surface area contributed by atoms with Crippen molar-refractivity contribution in [3.05, 3.63) is 52.7 Å². The van der Waals surface area contributed by atoms with Crippen molar-refractivity contribution in [3.8, 4) is 0 Å². The molecule has 0 unspecified atom stereocenters. The Bertz CT molecular complexity index is 966. The predicted molar refractivity (Wildman–Crippen MR) is 120 cm³/mol. The van der Waals surface area contributed by atoms with Crippen LogP contribution in [0.1, 0.15) is 48.8 Å². The normalized spacial score (nSPS) is 14.2. The minimum absolute atomic E-state index is 0.0325. The maximum atomic E-state index is 13.7. The van der Waals surface area contributed by atoms with Gasteiger partial charge in [-0.1, -0.05) is 12.1 Å². The molecule has 7 nitrogen and oxygen atoms in total. The van der Waals surface area contributed by atoms with Gasteiger partial charge in [-0.3, -0.25) is 9.59 Å². The second kappa shape index (κ2) is 11.0. The van der Waals surface area contributed by atoms with Gasteiger partial charge in [0, 0.05) is 50.3 Å². The number of esters is 1. The number of aryl methyl sites for hydroxylation is 2. The fraction of sp³-hybridized carbons (Fsp3) is 0.500. The summed E-state index contributed by atoms with van der Waals surface area (Å²) in [5.41, 5.74) is 2.72. The monoisotopic (exact) mass is 442 g/mol. The van der Waals surface area contributed by atoms with E-state index in [1.54, 1.807) is 13.0 Å². The zero-order valence-corrected chi connectivity index (χ0v) is 19.1. The number of carbonyl (C=O) groups excluding carboxylic acids is 2. The maximum absolute atomic E-state index is 13.7. The summed E-state index contributed by atoms with van der Waals surface area (Å²) in [6, 6.07) is 6.58. The van der Waals surface area contributed by atoms with Crippen LogP contribution in [0.25, 0.3) is 0 Å². The minimum Gasteiger partial charge on any atom is -0.466 e.